The maximum Gasteiger partial charge on any atom is 0.219 e. The Bertz CT molecular complexity index is 301. The quantitative estimate of drug-likeness (QED) is 0.623. The minimum atomic E-state index is -0.453. The SMILES string of the molecule is CNC(=O)CCCNCC(O)c1ccsc1. The molecule has 1 unspecified atom stereocenters. The molecule has 0 fully saturated rings. The smallest absolute Gasteiger partial charge is 0.219 e. The van der Waals surface area contributed by atoms with E-state index in [9.17, 15) is 9.90 Å². The number of thiophene rings is 1. The molecule has 1 atom stereocenters. The van der Waals surface area contributed by atoms with Gasteiger partial charge in [0.1, 0.15) is 0 Å². The van der Waals surface area contributed by atoms with E-state index in [4.69, 9.17) is 0 Å². The van der Waals surface area contributed by atoms with E-state index in [0.717, 1.165) is 18.5 Å². The lowest BCUT2D eigenvalue weighted by Crippen LogP contribution is -2.24. The fourth-order valence-electron chi connectivity index (χ4n) is 1.32. The summed E-state index contributed by atoms with van der Waals surface area (Å²) in [6, 6.07) is 1.92. The third kappa shape index (κ3) is 4.74. The van der Waals surface area contributed by atoms with Crippen LogP contribution >= 0.6 is 11.3 Å². The average molecular weight is 242 g/mol. The summed E-state index contributed by atoms with van der Waals surface area (Å²) in [5, 5.41) is 19.3. The van der Waals surface area contributed by atoms with Crippen molar-refractivity contribution in [2.45, 2.75) is 18.9 Å². The Balaban J connectivity index is 2.05. The lowest BCUT2D eigenvalue weighted by molar-refractivity contribution is -0.120. The van der Waals surface area contributed by atoms with E-state index in [1.807, 2.05) is 16.8 Å². The molecule has 0 spiro atoms. The van der Waals surface area contributed by atoms with Crippen molar-refractivity contribution in [2.24, 2.45) is 0 Å². The van der Waals surface area contributed by atoms with Gasteiger partial charge in [-0.2, -0.15) is 11.3 Å². The molecule has 0 aliphatic rings. The van der Waals surface area contributed by atoms with Crippen molar-refractivity contribution in [3.05, 3.63) is 22.4 Å². The van der Waals surface area contributed by atoms with Gasteiger partial charge in [0.15, 0.2) is 0 Å². The van der Waals surface area contributed by atoms with Crippen molar-refractivity contribution >= 4 is 17.2 Å². The van der Waals surface area contributed by atoms with Crippen molar-refractivity contribution < 1.29 is 9.90 Å². The van der Waals surface area contributed by atoms with Crippen LogP contribution in [0.3, 0.4) is 0 Å². The van der Waals surface area contributed by atoms with Gasteiger partial charge < -0.3 is 15.7 Å². The maximum absolute atomic E-state index is 10.9. The lowest BCUT2D eigenvalue weighted by Gasteiger charge is -2.10. The molecule has 16 heavy (non-hydrogen) atoms. The van der Waals surface area contributed by atoms with E-state index in [2.05, 4.69) is 10.6 Å². The van der Waals surface area contributed by atoms with Crippen LogP contribution < -0.4 is 10.6 Å². The first kappa shape index (κ1) is 13.2. The Morgan fingerprint density at radius 3 is 3.06 bits per heavy atom. The number of carbonyl (C=O) groups excluding carboxylic acids is 1. The van der Waals surface area contributed by atoms with Crippen LogP contribution in [0.15, 0.2) is 16.8 Å². The van der Waals surface area contributed by atoms with Gasteiger partial charge in [0, 0.05) is 20.0 Å². The summed E-state index contributed by atoms with van der Waals surface area (Å²) in [5.74, 6) is 0.0557. The normalized spacial score (nSPS) is 12.4. The topological polar surface area (TPSA) is 61.4 Å². The molecule has 4 nitrogen and oxygen atoms in total. The van der Waals surface area contributed by atoms with Crippen LogP contribution in [0.4, 0.5) is 0 Å². The van der Waals surface area contributed by atoms with Crippen molar-refractivity contribution in [1.82, 2.24) is 10.6 Å². The van der Waals surface area contributed by atoms with Crippen LogP contribution in [0, 0.1) is 0 Å². The molecule has 0 radical (unpaired) electrons. The van der Waals surface area contributed by atoms with Crippen LogP contribution in [0.5, 0.6) is 0 Å². The number of hydrogen-bond donors (Lipinski definition) is 3. The highest BCUT2D eigenvalue weighted by Gasteiger charge is 2.06. The van der Waals surface area contributed by atoms with Crippen molar-refractivity contribution in [3.63, 3.8) is 0 Å². The number of nitrogens with one attached hydrogen (secondary N) is 2. The molecule has 5 heteroatoms. The van der Waals surface area contributed by atoms with Crippen molar-refractivity contribution in [3.8, 4) is 0 Å². The van der Waals surface area contributed by atoms with Gasteiger partial charge in [-0.05, 0) is 35.4 Å². The fourth-order valence-corrected chi connectivity index (χ4v) is 2.03. The molecule has 1 aromatic rings. The third-order valence-electron chi connectivity index (χ3n) is 2.30. The second-order valence-corrected chi connectivity index (χ2v) is 4.33. The monoisotopic (exact) mass is 242 g/mol. The number of rotatable bonds is 7. The Hall–Kier alpha value is -0.910. The third-order valence-corrected chi connectivity index (χ3v) is 3.00. The molecule has 90 valence electrons. The first-order chi connectivity index (χ1) is 7.74. The highest BCUT2D eigenvalue weighted by molar-refractivity contribution is 7.07. The minimum absolute atomic E-state index is 0.0557. The Kier molecular flexibility index (Phi) is 6.07. The van der Waals surface area contributed by atoms with E-state index < -0.39 is 6.10 Å². The zero-order valence-corrected chi connectivity index (χ0v) is 10.2. The molecule has 1 aromatic heterocycles. The molecule has 0 saturated carbocycles. The maximum atomic E-state index is 10.9. The fraction of sp³-hybridized carbons (Fsp3) is 0.545. The van der Waals surface area contributed by atoms with Crippen molar-refractivity contribution in [2.75, 3.05) is 20.1 Å². The highest BCUT2D eigenvalue weighted by Crippen LogP contribution is 2.14. The Labute approximate surface area is 99.7 Å². The molecule has 1 rings (SSSR count). The van der Waals surface area contributed by atoms with E-state index in [-0.39, 0.29) is 5.91 Å². The number of carbonyl (C=O) groups is 1. The van der Waals surface area contributed by atoms with E-state index in [0.29, 0.717) is 13.0 Å². The predicted molar refractivity (Wildman–Crippen MR) is 65.4 cm³/mol. The van der Waals surface area contributed by atoms with Crippen LogP contribution in [0.25, 0.3) is 0 Å². The summed E-state index contributed by atoms with van der Waals surface area (Å²) in [7, 11) is 1.64. The summed E-state index contributed by atoms with van der Waals surface area (Å²) < 4.78 is 0. The van der Waals surface area contributed by atoms with Gasteiger partial charge in [0.2, 0.25) is 5.91 Å². The van der Waals surface area contributed by atoms with Gasteiger partial charge >= 0.3 is 0 Å². The second-order valence-electron chi connectivity index (χ2n) is 3.55. The van der Waals surface area contributed by atoms with Crippen LogP contribution in [-0.2, 0) is 4.79 Å². The Morgan fingerprint density at radius 2 is 2.44 bits per heavy atom. The summed E-state index contributed by atoms with van der Waals surface area (Å²) in [6.45, 7) is 1.28. The molecule has 1 heterocycles. The van der Waals surface area contributed by atoms with Gasteiger partial charge in [-0.15, -0.1) is 0 Å². The predicted octanol–water partition coefficient (Wildman–Crippen LogP) is 0.897. The first-order valence-electron chi connectivity index (χ1n) is 5.35. The molecule has 0 aromatic carbocycles. The summed E-state index contributed by atoms with van der Waals surface area (Å²) >= 11 is 1.58. The summed E-state index contributed by atoms with van der Waals surface area (Å²) in [5.41, 5.74) is 0.948. The summed E-state index contributed by atoms with van der Waals surface area (Å²) in [6.07, 6.45) is 0.861. The van der Waals surface area contributed by atoms with Crippen LogP contribution in [-0.4, -0.2) is 31.2 Å². The largest absolute Gasteiger partial charge is 0.387 e. The second kappa shape index (κ2) is 7.38. The number of amides is 1. The van der Waals surface area contributed by atoms with Gasteiger partial charge in [-0.25, -0.2) is 0 Å². The molecule has 3 N–H and O–H groups in total. The average Bonchev–Trinajstić information content (AvgIpc) is 2.81. The number of aliphatic hydroxyl groups is 1. The standard InChI is InChI=1S/C11H18N2O2S/c1-12-11(15)3-2-5-13-7-10(14)9-4-6-16-8-9/h4,6,8,10,13-14H,2-3,5,7H2,1H3,(H,12,15). The van der Waals surface area contributed by atoms with Gasteiger partial charge in [0.25, 0.3) is 0 Å². The zero-order chi connectivity index (χ0) is 11.8. The van der Waals surface area contributed by atoms with E-state index in [1.165, 1.54) is 0 Å². The zero-order valence-electron chi connectivity index (χ0n) is 9.40. The molecule has 0 aliphatic heterocycles. The van der Waals surface area contributed by atoms with Crippen LogP contribution in [0.1, 0.15) is 24.5 Å². The van der Waals surface area contributed by atoms with Gasteiger partial charge in [0.05, 0.1) is 6.10 Å². The molecular formula is C11H18N2O2S. The molecule has 0 aliphatic carbocycles. The van der Waals surface area contributed by atoms with Crippen molar-refractivity contribution in [1.29, 1.82) is 0 Å². The number of aliphatic hydroxyl groups excluding tert-OH is 1. The van der Waals surface area contributed by atoms with Gasteiger partial charge in [-0.3, -0.25) is 4.79 Å². The molecule has 0 saturated heterocycles. The molecule has 0 bridgehead atoms. The van der Waals surface area contributed by atoms with Gasteiger partial charge in [-0.1, -0.05) is 0 Å². The lowest BCUT2D eigenvalue weighted by atomic mass is 10.2. The van der Waals surface area contributed by atoms with E-state index in [1.54, 1.807) is 18.4 Å². The number of hydrogen-bond acceptors (Lipinski definition) is 4. The minimum Gasteiger partial charge on any atom is -0.387 e. The van der Waals surface area contributed by atoms with E-state index >= 15 is 0 Å². The summed E-state index contributed by atoms with van der Waals surface area (Å²) in [4.78, 5) is 10.9. The first-order valence-corrected chi connectivity index (χ1v) is 6.29. The highest BCUT2D eigenvalue weighted by atomic mass is 32.1. The van der Waals surface area contributed by atoms with Crippen LogP contribution in [0.2, 0.25) is 0 Å². The molecule has 1 amide bonds. The Morgan fingerprint density at radius 1 is 1.62 bits per heavy atom. The molecular weight excluding hydrogens is 224 g/mol.